The number of urea groups is 2. The van der Waals surface area contributed by atoms with Crippen molar-refractivity contribution in [3.05, 3.63) is 114 Å². The summed E-state index contributed by atoms with van der Waals surface area (Å²) >= 11 is 20.9. The van der Waals surface area contributed by atoms with Gasteiger partial charge in [-0.15, -0.1) is 0 Å². The van der Waals surface area contributed by atoms with Crippen LogP contribution in [0.4, 0.5) is 21.0 Å². The number of unbranched alkanes of at least 4 members (excludes halogenated alkanes) is 1. The fourth-order valence-electron chi connectivity index (χ4n) is 11.4. The van der Waals surface area contributed by atoms with Gasteiger partial charge in [0.05, 0.1) is 49.9 Å². The smallest absolute Gasteiger partial charge is 0.314 e. The number of benzene rings is 4. The van der Waals surface area contributed by atoms with Crippen LogP contribution in [0.1, 0.15) is 71.3 Å². The average molecular weight is 1310 g/mol. The highest BCUT2D eigenvalue weighted by Crippen LogP contribution is 2.45. The van der Waals surface area contributed by atoms with Crippen molar-refractivity contribution in [1.82, 2.24) is 40.9 Å². The largest absolute Gasteiger partial charge is 0.484 e. The maximum atomic E-state index is 13.5. The number of halogens is 4. The van der Waals surface area contributed by atoms with Crippen LogP contribution in [0.3, 0.4) is 0 Å². The monoisotopic (exact) mass is 1310 g/mol. The molecular formula is C58H76Cl4N10O12S2. The summed E-state index contributed by atoms with van der Waals surface area (Å²) in [5.74, 6) is 0.586. The van der Waals surface area contributed by atoms with Gasteiger partial charge >= 0.3 is 12.1 Å². The van der Waals surface area contributed by atoms with Crippen LogP contribution in [0.25, 0.3) is 0 Å². The molecule has 2 fully saturated rings. The predicted octanol–water partition coefficient (Wildman–Crippen LogP) is 7.33. The number of aryl methyl sites for hydroxylation is 2. The molecule has 28 heteroatoms. The van der Waals surface area contributed by atoms with Gasteiger partial charge in [0.1, 0.15) is 35.8 Å². The summed E-state index contributed by atoms with van der Waals surface area (Å²) in [5, 5.41) is 13.2. The third kappa shape index (κ3) is 16.5. The maximum absolute atomic E-state index is 13.5. The Morgan fingerprint density at radius 2 is 0.965 bits per heavy atom. The summed E-state index contributed by atoms with van der Waals surface area (Å²) in [7, 11) is 7.92. The van der Waals surface area contributed by atoms with Gasteiger partial charge in [0, 0.05) is 83.6 Å². The fourth-order valence-corrected chi connectivity index (χ4v) is 14.0. The van der Waals surface area contributed by atoms with Crippen LogP contribution in [-0.2, 0) is 54.4 Å². The van der Waals surface area contributed by atoms with Gasteiger partial charge in [-0.05, 0) is 163 Å². The van der Waals surface area contributed by atoms with Crippen LogP contribution < -0.4 is 39.4 Å². The van der Waals surface area contributed by atoms with Crippen LogP contribution in [0.2, 0.25) is 20.1 Å². The number of likely N-dealkylation sites (N-methyl/N-ethyl adjacent to an activating group) is 2. The van der Waals surface area contributed by atoms with E-state index in [9.17, 15) is 36.7 Å². The lowest BCUT2D eigenvalue weighted by Crippen LogP contribution is -2.43. The number of carbonyl (C=O) groups excluding carboxylic acids is 4. The average Bonchev–Trinajstić information content (AvgIpc) is 3.25. The molecule has 22 nitrogen and oxygen atoms in total. The quantitative estimate of drug-likeness (QED) is 0.0230. The van der Waals surface area contributed by atoms with Gasteiger partial charge in [-0.2, -0.15) is 0 Å². The van der Waals surface area contributed by atoms with E-state index in [-0.39, 0.29) is 101 Å². The van der Waals surface area contributed by atoms with Gasteiger partial charge in [-0.3, -0.25) is 27.3 Å². The van der Waals surface area contributed by atoms with Gasteiger partial charge in [0.25, 0.3) is 22.5 Å². The summed E-state index contributed by atoms with van der Waals surface area (Å²) in [6, 6.07) is 15.1. The zero-order chi connectivity index (χ0) is 61.9. The summed E-state index contributed by atoms with van der Waals surface area (Å²) in [6.45, 7) is 7.03. The number of rotatable bonds is 29. The molecule has 2 aliphatic carbocycles. The van der Waals surface area contributed by atoms with Gasteiger partial charge in [-0.1, -0.05) is 46.4 Å². The molecule has 470 valence electrons. The van der Waals surface area contributed by atoms with E-state index < -0.39 is 34.6 Å². The summed E-state index contributed by atoms with van der Waals surface area (Å²) in [6.07, 6.45) is 2.56. The molecule has 0 aromatic heterocycles. The van der Waals surface area contributed by atoms with Crippen molar-refractivity contribution in [2.75, 3.05) is 116 Å². The zero-order valence-corrected chi connectivity index (χ0v) is 53.6. The fraction of sp³-hybridized carbons (Fsp3) is 0.517. The first-order chi connectivity index (χ1) is 41.1. The predicted molar refractivity (Wildman–Crippen MR) is 335 cm³/mol. The topological polar surface area (TPSA) is 247 Å². The van der Waals surface area contributed by atoms with Gasteiger partial charge in [0.2, 0.25) is 11.8 Å². The Bertz CT molecular complexity index is 2930. The number of nitrogens with one attached hydrogen (secondary N) is 4. The van der Waals surface area contributed by atoms with Crippen molar-refractivity contribution < 1.29 is 55.6 Å². The molecule has 6 amide bonds. The molecule has 4 aromatic carbocycles. The highest BCUT2D eigenvalue weighted by atomic mass is 35.5. The Morgan fingerprint density at radius 3 is 1.33 bits per heavy atom. The standard InChI is InChI=1S/C58H76Cl4N10O12S2/c1-35-27-39(9-11-51(35)83-53-43-29-37(59)31-45(61)41(43)33-49(53)67(3)4)71(85(77)78)47-13-19-69(55(47)73)21-25-81-23-17-65-57(75)63-15-7-8-16-64-58(76)66-18-24-82-26-22-70-20-14-48(56(70)74)72(86(79)80)40-10-12-52(36(2)28-40)84-54-44-30-38(60)32-46(62)42(44)34-50(54)68(5)6/h9-12,27-32,47-50,53-54H,7-8,13-26,33-34H2,1-6H3,(H,77,78)(H,79,80)(H2,63,65,75)(H2,64,66,76)/t47-,48-,49-,50-,53-,54-/m0/s1. The molecule has 4 aromatic rings. The maximum Gasteiger partial charge on any atom is 0.314 e. The van der Waals surface area contributed by atoms with Gasteiger partial charge < -0.3 is 59.8 Å². The molecule has 0 radical (unpaired) electrons. The molecule has 2 saturated heterocycles. The second-order valence-electron chi connectivity index (χ2n) is 22.0. The molecule has 2 aliphatic heterocycles. The number of anilines is 2. The van der Waals surface area contributed by atoms with E-state index in [1.807, 2.05) is 54.2 Å². The summed E-state index contributed by atoms with van der Waals surface area (Å²) in [5.41, 5.74) is 6.05. The molecule has 8 rings (SSSR count). The SMILES string of the molecule is Cc1cc(N([C@H]2CCN(CCOCCNC(=O)NCCCCNC(=O)NCCOCCN3CC[C@H](N(c4ccc(O[C@H]5c6cc(Cl)cc(Cl)c6C[C@@H]5N(C)C)c(C)c4)S(=O)O)C3=O)C2=O)S(=O)O)ccc1O[C@H]1c2cc(Cl)cc(Cl)c2C[C@@H]1N(C)C. The first-order valence-electron chi connectivity index (χ1n) is 28.5. The van der Waals surface area contributed by atoms with E-state index >= 15 is 0 Å². The molecular weight excluding hydrogens is 1230 g/mol. The summed E-state index contributed by atoms with van der Waals surface area (Å²) < 4.78 is 73.4. The van der Waals surface area contributed by atoms with E-state index in [2.05, 4.69) is 31.1 Å². The number of nitrogens with zero attached hydrogens (tertiary/aromatic N) is 6. The Balaban J connectivity index is 0.647. The third-order valence-electron chi connectivity index (χ3n) is 15.9. The first kappa shape index (κ1) is 66.7. The van der Waals surface area contributed by atoms with E-state index in [1.165, 1.54) is 8.61 Å². The minimum absolute atomic E-state index is 0.00249. The molecule has 6 N–H and O–H groups in total. The second-order valence-corrected chi connectivity index (χ2v) is 25.4. The molecule has 2 unspecified atom stereocenters. The van der Waals surface area contributed by atoms with E-state index in [0.29, 0.717) is 108 Å². The minimum Gasteiger partial charge on any atom is -0.484 e. The molecule has 0 spiro atoms. The van der Waals surface area contributed by atoms with E-state index in [0.717, 1.165) is 33.4 Å². The van der Waals surface area contributed by atoms with Crippen molar-refractivity contribution in [1.29, 1.82) is 0 Å². The Kier molecular flexibility index (Phi) is 23.9. The third-order valence-corrected chi connectivity index (χ3v) is 18.6. The van der Waals surface area contributed by atoms with Gasteiger partial charge in [-0.25, -0.2) is 18.0 Å². The molecule has 0 saturated carbocycles. The van der Waals surface area contributed by atoms with Crippen LogP contribution in [0, 0.1) is 13.8 Å². The number of fused-ring (bicyclic) bond motifs is 2. The number of carbonyl (C=O) groups is 4. The van der Waals surface area contributed by atoms with E-state index in [1.54, 1.807) is 58.3 Å². The van der Waals surface area contributed by atoms with Crippen LogP contribution in [0.5, 0.6) is 11.5 Å². The Morgan fingerprint density at radius 1 is 0.581 bits per heavy atom. The minimum atomic E-state index is -2.50. The Labute approximate surface area is 527 Å². The van der Waals surface area contributed by atoms with Crippen molar-refractivity contribution in [3.63, 3.8) is 0 Å². The number of amides is 6. The highest BCUT2D eigenvalue weighted by molar-refractivity contribution is 7.81. The normalized spacial score (nSPS) is 20.5. The van der Waals surface area contributed by atoms with Crippen LogP contribution in [0.15, 0.2) is 60.7 Å². The molecule has 86 heavy (non-hydrogen) atoms. The molecule has 8 atom stereocenters. The molecule has 0 bridgehead atoms. The van der Waals surface area contributed by atoms with Crippen molar-refractivity contribution in [2.45, 2.75) is 88.7 Å². The lowest BCUT2D eigenvalue weighted by atomic mass is 10.1. The lowest BCUT2D eigenvalue weighted by molar-refractivity contribution is -0.130. The second kappa shape index (κ2) is 30.8. The van der Waals surface area contributed by atoms with Crippen molar-refractivity contribution >= 4 is 104 Å². The number of likely N-dealkylation sites (tertiary alicyclic amines) is 2. The number of hydrogen-bond acceptors (Lipinski definition) is 12. The van der Waals surface area contributed by atoms with Crippen molar-refractivity contribution in [2.24, 2.45) is 0 Å². The lowest BCUT2D eigenvalue weighted by Gasteiger charge is -2.29. The van der Waals surface area contributed by atoms with E-state index in [4.69, 9.17) is 65.4 Å². The zero-order valence-electron chi connectivity index (χ0n) is 49.0. The van der Waals surface area contributed by atoms with Crippen molar-refractivity contribution in [3.8, 4) is 11.5 Å². The van der Waals surface area contributed by atoms with Gasteiger partial charge in [0.15, 0.2) is 0 Å². The Hall–Kier alpha value is -5.22. The number of ether oxygens (including phenoxy) is 4. The van der Waals surface area contributed by atoms with Crippen LogP contribution in [-0.4, -0.2) is 192 Å². The van der Waals surface area contributed by atoms with Crippen LogP contribution >= 0.6 is 46.4 Å². The number of hydrogen-bond donors (Lipinski definition) is 6. The molecule has 4 aliphatic rings. The first-order valence-corrected chi connectivity index (χ1v) is 32.2. The highest BCUT2D eigenvalue weighted by Gasteiger charge is 2.42. The summed E-state index contributed by atoms with van der Waals surface area (Å²) in [4.78, 5) is 59.2. The molecule has 2 heterocycles.